The van der Waals surface area contributed by atoms with Crippen LogP contribution in [-0.2, 0) is 0 Å². The highest BCUT2D eigenvalue weighted by molar-refractivity contribution is 6.02. The average Bonchev–Trinajstić information content (AvgIpc) is 2.38. The molecular weight excluding hydrogens is 261 g/mol. The molecule has 1 N–H and O–H groups in total. The number of aromatic nitrogens is 2. The molecule has 0 radical (unpaired) electrons. The molecule has 0 saturated carbocycles. The number of nitrogens with zero attached hydrogens (tertiary/aromatic N) is 2. The largest absolute Gasteiger partial charge is 0.320 e. The predicted octanol–water partition coefficient (Wildman–Crippen LogP) is 2.22. The van der Waals surface area contributed by atoms with Gasteiger partial charge in [0, 0.05) is 11.8 Å². The molecular formula is C14H14FN3O2. The van der Waals surface area contributed by atoms with Crippen LogP contribution in [0.25, 0.3) is 0 Å². The molecule has 0 aliphatic heterocycles. The minimum atomic E-state index is -0.495. The number of hydrogen-bond acceptors (Lipinski definition) is 3. The first kappa shape index (κ1) is 13.9. The van der Waals surface area contributed by atoms with Crippen molar-refractivity contribution in [2.45, 2.75) is 19.9 Å². The molecule has 2 aromatic rings. The van der Waals surface area contributed by atoms with Crippen molar-refractivity contribution in [1.29, 1.82) is 0 Å². The summed E-state index contributed by atoms with van der Waals surface area (Å²) in [7, 11) is 0. The molecule has 0 fully saturated rings. The molecule has 1 aromatic heterocycles. The molecule has 6 heteroatoms. The number of carbonyl (C=O) groups is 1. The number of hydrogen-bond donors (Lipinski definition) is 1. The van der Waals surface area contributed by atoms with Gasteiger partial charge in [-0.3, -0.25) is 9.59 Å². The lowest BCUT2D eigenvalue weighted by molar-refractivity contribution is 0.101. The molecule has 104 valence electrons. The Hall–Kier alpha value is -2.50. The first-order valence-electron chi connectivity index (χ1n) is 6.14. The Morgan fingerprint density at radius 3 is 2.70 bits per heavy atom. The molecule has 0 saturated heterocycles. The highest BCUT2D eigenvalue weighted by Gasteiger charge is 2.11. The van der Waals surface area contributed by atoms with Crippen LogP contribution in [0.5, 0.6) is 0 Å². The smallest absolute Gasteiger partial charge is 0.276 e. The maximum absolute atomic E-state index is 13.0. The van der Waals surface area contributed by atoms with E-state index in [1.165, 1.54) is 35.0 Å². The highest BCUT2D eigenvalue weighted by atomic mass is 19.1. The van der Waals surface area contributed by atoms with Crippen LogP contribution in [0.4, 0.5) is 10.1 Å². The van der Waals surface area contributed by atoms with Gasteiger partial charge in [0.05, 0.1) is 6.04 Å². The summed E-state index contributed by atoms with van der Waals surface area (Å²) in [5, 5.41) is 6.52. The van der Waals surface area contributed by atoms with Gasteiger partial charge in [-0.15, -0.1) is 0 Å². The minimum Gasteiger partial charge on any atom is -0.320 e. The lowest BCUT2D eigenvalue weighted by Crippen LogP contribution is -2.27. The second-order valence-corrected chi connectivity index (χ2v) is 4.56. The Morgan fingerprint density at radius 2 is 2.05 bits per heavy atom. The zero-order valence-corrected chi connectivity index (χ0v) is 11.1. The molecule has 0 unspecified atom stereocenters. The molecule has 1 amide bonds. The quantitative estimate of drug-likeness (QED) is 0.934. The first-order valence-corrected chi connectivity index (χ1v) is 6.14. The third-order valence-corrected chi connectivity index (χ3v) is 2.63. The van der Waals surface area contributed by atoms with Gasteiger partial charge in [0.2, 0.25) is 0 Å². The first-order chi connectivity index (χ1) is 9.47. The summed E-state index contributed by atoms with van der Waals surface area (Å²) < 4.78 is 14.3. The molecule has 0 aliphatic carbocycles. The SMILES string of the molecule is CC(C)n1nc(C(=O)Nc2cccc(F)c2)ccc1=O. The van der Waals surface area contributed by atoms with Gasteiger partial charge in [0.15, 0.2) is 0 Å². The molecule has 20 heavy (non-hydrogen) atoms. The average molecular weight is 275 g/mol. The van der Waals surface area contributed by atoms with Crippen molar-refractivity contribution < 1.29 is 9.18 Å². The lowest BCUT2D eigenvalue weighted by atomic mass is 10.3. The van der Waals surface area contributed by atoms with Gasteiger partial charge in [-0.1, -0.05) is 6.07 Å². The zero-order valence-electron chi connectivity index (χ0n) is 11.1. The van der Waals surface area contributed by atoms with E-state index in [-0.39, 0.29) is 17.3 Å². The van der Waals surface area contributed by atoms with Crippen molar-refractivity contribution in [3.8, 4) is 0 Å². The maximum Gasteiger partial charge on any atom is 0.276 e. The minimum absolute atomic E-state index is 0.0996. The number of nitrogens with one attached hydrogen (secondary N) is 1. The zero-order chi connectivity index (χ0) is 14.7. The monoisotopic (exact) mass is 275 g/mol. The molecule has 1 heterocycles. The van der Waals surface area contributed by atoms with Gasteiger partial charge < -0.3 is 5.32 Å². The molecule has 2 rings (SSSR count). The number of benzene rings is 1. The summed E-state index contributed by atoms with van der Waals surface area (Å²) in [6.45, 7) is 3.59. The van der Waals surface area contributed by atoms with Gasteiger partial charge in [-0.25, -0.2) is 9.07 Å². The number of halogens is 1. The van der Waals surface area contributed by atoms with E-state index in [0.29, 0.717) is 5.69 Å². The van der Waals surface area contributed by atoms with Gasteiger partial charge >= 0.3 is 0 Å². The van der Waals surface area contributed by atoms with E-state index in [2.05, 4.69) is 10.4 Å². The van der Waals surface area contributed by atoms with E-state index < -0.39 is 11.7 Å². The topological polar surface area (TPSA) is 64.0 Å². The maximum atomic E-state index is 13.0. The van der Waals surface area contributed by atoms with Gasteiger partial charge in [-0.05, 0) is 38.1 Å². The fourth-order valence-electron chi connectivity index (χ4n) is 1.68. The summed E-state index contributed by atoms with van der Waals surface area (Å²) in [5.41, 5.74) is 0.156. The van der Waals surface area contributed by atoms with Crippen LogP contribution in [-0.4, -0.2) is 15.7 Å². The fourth-order valence-corrected chi connectivity index (χ4v) is 1.68. The number of carbonyl (C=O) groups excluding carboxylic acids is 1. The Morgan fingerprint density at radius 1 is 1.30 bits per heavy atom. The van der Waals surface area contributed by atoms with E-state index in [1.807, 2.05) is 0 Å². The standard InChI is InChI=1S/C14H14FN3O2/c1-9(2)18-13(19)7-6-12(17-18)14(20)16-11-5-3-4-10(15)8-11/h3-9H,1-2H3,(H,16,20). The Kier molecular flexibility index (Phi) is 3.93. The predicted molar refractivity (Wildman–Crippen MR) is 73.2 cm³/mol. The normalized spacial score (nSPS) is 10.6. The van der Waals surface area contributed by atoms with Gasteiger partial charge in [0.25, 0.3) is 11.5 Å². The van der Waals surface area contributed by atoms with Crippen LogP contribution in [0, 0.1) is 5.82 Å². The van der Waals surface area contributed by atoms with Crippen molar-refractivity contribution in [2.75, 3.05) is 5.32 Å². The lowest BCUT2D eigenvalue weighted by Gasteiger charge is -2.10. The summed E-state index contributed by atoms with van der Waals surface area (Å²) in [6.07, 6.45) is 0. The second kappa shape index (κ2) is 5.64. The number of anilines is 1. The van der Waals surface area contributed by atoms with Gasteiger partial charge in [-0.2, -0.15) is 5.10 Å². The fraction of sp³-hybridized carbons (Fsp3) is 0.214. The van der Waals surface area contributed by atoms with Crippen molar-refractivity contribution >= 4 is 11.6 Å². The van der Waals surface area contributed by atoms with E-state index >= 15 is 0 Å². The summed E-state index contributed by atoms with van der Waals surface area (Å²) in [6, 6.07) is 8.03. The van der Waals surface area contributed by atoms with Crippen LogP contribution >= 0.6 is 0 Å². The van der Waals surface area contributed by atoms with Crippen molar-refractivity contribution in [3.05, 3.63) is 58.3 Å². The molecule has 0 bridgehead atoms. The van der Waals surface area contributed by atoms with Crippen LogP contribution in [0.15, 0.2) is 41.2 Å². The molecule has 0 spiro atoms. The van der Waals surface area contributed by atoms with Crippen molar-refractivity contribution in [2.24, 2.45) is 0 Å². The second-order valence-electron chi connectivity index (χ2n) is 4.56. The Labute approximate surface area is 115 Å². The summed E-state index contributed by atoms with van der Waals surface area (Å²) >= 11 is 0. The Balaban J connectivity index is 2.26. The van der Waals surface area contributed by atoms with Crippen molar-refractivity contribution in [1.82, 2.24) is 9.78 Å². The highest BCUT2D eigenvalue weighted by Crippen LogP contribution is 2.10. The van der Waals surface area contributed by atoms with Crippen LogP contribution in [0.1, 0.15) is 30.4 Å². The summed E-state index contributed by atoms with van der Waals surface area (Å²) in [5.74, 6) is -0.937. The molecule has 0 aliphatic rings. The number of rotatable bonds is 3. The summed E-state index contributed by atoms with van der Waals surface area (Å²) in [4.78, 5) is 23.6. The molecule has 0 atom stereocenters. The van der Waals surface area contributed by atoms with E-state index in [9.17, 15) is 14.0 Å². The van der Waals surface area contributed by atoms with E-state index in [0.717, 1.165) is 0 Å². The van der Waals surface area contributed by atoms with E-state index in [4.69, 9.17) is 0 Å². The third kappa shape index (κ3) is 3.09. The molecule has 5 nitrogen and oxygen atoms in total. The third-order valence-electron chi connectivity index (χ3n) is 2.63. The number of amides is 1. The van der Waals surface area contributed by atoms with Crippen LogP contribution in [0.2, 0.25) is 0 Å². The van der Waals surface area contributed by atoms with Gasteiger partial charge in [0.1, 0.15) is 11.5 Å². The van der Waals surface area contributed by atoms with Crippen LogP contribution in [0.3, 0.4) is 0 Å². The Bertz CT molecular complexity index is 695. The van der Waals surface area contributed by atoms with E-state index in [1.54, 1.807) is 19.9 Å². The van der Waals surface area contributed by atoms with Crippen LogP contribution < -0.4 is 10.9 Å². The van der Waals surface area contributed by atoms with Crippen molar-refractivity contribution in [3.63, 3.8) is 0 Å². The molecule has 1 aromatic carbocycles.